The lowest BCUT2D eigenvalue weighted by Gasteiger charge is -2.18. The molecule has 8 nitrogen and oxygen atoms in total. The SMILES string of the molecule is Cc1cc(-c2c(OCCC3CCCS3=O)c3cc(C(=O)Nc4cnsn4)c(Cl)cc3[nH]c2=O)cc(C)c1C. The summed E-state index contributed by atoms with van der Waals surface area (Å²) >= 11 is 7.46. The summed E-state index contributed by atoms with van der Waals surface area (Å²) in [7, 11) is -0.858. The molecule has 2 N–H and O–H groups in total. The number of halogens is 1. The lowest BCUT2D eigenvalue weighted by atomic mass is 9.95. The van der Waals surface area contributed by atoms with E-state index in [9.17, 15) is 13.8 Å². The van der Waals surface area contributed by atoms with Crippen LogP contribution in [0.25, 0.3) is 22.0 Å². The number of pyridine rings is 1. The van der Waals surface area contributed by atoms with Crippen molar-refractivity contribution in [3.8, 4) is 16.9 Å². The molecule has 38 heavy (non-hydrogen) atoms. The number of nitrogens with zero attached hydrogens (tertiary/aromatic N) is 2. The van der Waals surface area contributed by atoms with Crippen molar-refractivity contribution in [3.63, 3.8) is 0 Å². The number of carbonyl (C=O) groups is 1. The van der Waals surface area contributed by atoms with Crippen LogP contribution in [-0.2, 0) is 10.8 Å². The predicted octanol–water partition coefficient (Wildman–Crippen LogP) is 5.56. The average Bonchev–Trinajstić information content (AvgIpc) is 3.53. The highest BCUT2D eigenvalue weighted by molar-refractivity contribution is 7.85. The van der Waals surface area contributed by atoms with E-state index in [1.807, 2.05) is 32.9 Å². The molecule has 0 spiro atoms. The van der Waals surface area contributed by atoms with Crippen LogP contribution in [-0.4, -0.2) is 41.5 Å². The van der Waals surface area contributed by atoms with E-state index in [1.54, 1.807) is 12.1 Å². The van der Waals surface area contributed by atoms with Crippen LogP contribution in [0.2, 0.25) is 5.02 Å². The van der Waals surface area contributed by atoms with Crippen LogP contribution in [0.5, 0.6) is 5.75 Å². The molecule has 1 aliphatic heterocycles. The largest absolute Gasteiger partial charge is 0.492 e. The van der Waals surface area contributed by atoms with Gasteiger partial charge in [0.1, 0.15) is 5.75 Å². The first-order chi connectivity index (χ1) is 18.2. The van der Waals surface area contributed by atoms with Crippen molar-refractivity contribution in [1.82, 2.24) is 13.7 Å². The maximum absolute atomic E-state index is 13.5. The lowest BCUT2D eigenvalue weighted by molar-refractivity contribution is 0.102. The molecular formula is C27H27ClN4O4S2. The fourth-order valence-corrected chi connectivity index (χ4v) is 6.97. The Bertz CT molecular complexity index is 1590. The Balaban J connectivity index is 1.64. The van der Waals surface area contributed by atoms with Gasteiger partial charge in [0.25, 0.3) is 11.5 Å². The van der Waals surface area contributed by atoms with Crippen molar-refractivity contribution in [1.29, 1.82) is 0 Å². The van der Waals surface area contributed by atoms with Crippen LogP contribution in [0.4, 0.5) is 5.82 Å². The third kappa shape index (κ3) is 5.25. The number of aromatic nitrogens is 3. The summed E-state index contributed by atoms with van der Waals surface area (Å²) in [5.41, 5.74) is 4.72. The van der Waals surface area contributed by atoms with Crippen molar-refractivity contribution in [2.45, 2.75) is 45.3 Å². The number of hydrogen-bond acceptors (Lipinski definition) is 7. The van der Waals surface area contributed by atoms with Gasteiger partial charge in [0.2, 0.25) is 0 Å². The summed E-state index contributed by atoms with van der Waals surface area (Å²) in [5, 5.41) is 3.50. The monoisotopic (exact) mass is 570 g/mol. The number of nitrogens with one attached hydrogen (secondary N) is 2. The van der Waals surface area contributed by atoms with Crippen LogP contribution < -0.4 is 15.6 Å². The Morgan fingerprint density at radius 1 is 1.24 bits per heavy atom. The third-order valence-corrected chi connectivity index (χ3v) is 9.74. The first kappa shape index (κ1) is 26.5. The van der Waals surface area contributed by atoms with Gasteiger partial charge in [0.05, 0.1) is 46.2 Å². The number of aryl methyl sites for hydroxylation is 2. The Hall–Kier alpha value is -3.08. The highest BCUT2D eigenvalue weighted by Crippen LogP contribution is 2.37. The Kier molecular flexibility index (Phi) is 7.65. The molecule has 5 rings (SSSR count). The molecule has 0 aliphatic carbocycles. The molecule has 2 atom stereocenters. The molecule has 0 radical (unpaired) electrons. The fraction of sp³-hybridized carbons (Fsp3) is 0.333. The molecule has 1 fully saturated rings. The normalized spacial score (nSPS) is 17.2. The van der Waals surface area contributed by atoms with Gasteiger partial charge in [-0.3, -0.25) is 13.8 Å². The predicted molar refractivity (Wildman–Crippen MR) is 153 cm³/mol. The van der Waals surface area contributed by atoms with Gasteiger partial charge in [0, 0.05) is 27.2 Å². The van der Waals surface area contributed by atoms with Gasteiger partial charge >= 0.3 is 0 Å². The van der Waals surface area contributed by atoms with Crippen molar-refractivity contribution >= 4 is 56.8 Å². The molecule has 0 bridgehead atoms. The topological polar surface area (TPSA) is 114 Å². The smallest absolute Gasteiger partial charge is 0.260 e. The van der Waals surface area contributed by atoms with E-state index in [0.29, 0.717) is 41.1 Å². The minimum atomic E-state index is -0.858. The van der Waals surface area contributed by atoms with E-state index in [-0.39, 0.29) is 21.4 Å². The maximum atomic E-state index is 13.5. The molecule has 1 amide bonds. The maximum Gasteiger partial charge on any atom is 0.260 e. The second-order valence-electron chi connectivity index (χ2n) is 9.50. The standard InChI is InChI=1S/C27H27ClN4O4S2/c1-14-9-17(10-15(2)16(14)3)24-25(36-7-6-18-5-4-8-38(18)35)20-11-19(21(28)12-22(20)30-27(24)34)26(33)31-23-13-29-37-32-23/h9-13,18H,4-8H2,1-3H3,(H,30,34)(H,31,32,33). The van der Waals surface area contributed by atoms with Gasteiger partial charge in [-0.25, -0.2) is 0 Å². The molecule has 11 heteroatoms. The van der Waals surface area contributed by atoms with Crippen molar-refractivity contribution in [2.75, 3.05) is 17.7 Å². The highest BCUT2D eigenvalue weighted by atomic mass is 35.5. The second kappa shape index (κ2) is 11.0. The van der Waals surface area contributed by atoms with Gasteiger partial charge < -0.3 is 15.0 Å². The quantitative estimate of drug-likeness (QED) is 0.301. The molecule has 2 aromatic heterocycles. The van der Waals surface area contributed by atoms with E-state index in [2.05, 4.69) is 19.0 Å². The van der Waals surface area contributed by atoms with E-state index in [0.717, 1.165) is 52.6 Å². The summed E-state index contributed by atoms with van der Waals surface area (Å²) in [4.78, 5) is 29.4. The number of aromatic amines is 1. The Morgan fingerprint density at radius 3 is 2.66 bits per heavy atom. The second-order valence-corrected chi connectivity index (χ2v) is 12.3. The van der Waals surface area contributed by atoms with E-state index in [1.165, 1.54) is 6.20 Å². The molecule has 198 valence electrons. The van der Waals surface area contributed by atoms with Crippen LogP contribution in [0.15, 0.2) is 35.3 Å². The summed E-state index contributed by atoms with van der Waals surface area (Å²) in [6.45, 7) is 6.35. The Morgan fingerprint density at radius 2 is 2.00 bits per heavy atom. The van der Waals surface area contributed by atoms with Gasteiger partial charge in [-0.05, 0) is 74.4 Å². The highest BCUT2D eigenvalue weighted by Gasteiger charge is 2.25. The molecule has 2 unspecified atom stereocenters. The number of ether oxygens (including phenoxy) is 1. The van der Waals surface area contributed by atoms with Crippen molar-refractivity contribution < 1.29 is 13.7 Å². The van der Waals surface area contributed by atoms with Crippen molar-refractivity contribution in [3.05, 3.63) is 68.1 Å². The number of fused-ring (bicyclic) bond motifs is 1. The summed E-state index contributed by atoms with van der Waals surface area (Å²) in [5.74, 6) is 0.963. The average molecular weight is 571 g/mol. The molecular weight excluding hydrogens is 544 g/mol. The van der Waals surface area contributed by atoms with Crippen molar-refractivity contribution in [2.24, 2.45) is 0 Å². The van der Waals surface area contributed by atoms with Crippen LogP contribution in [0, 0.1) is 20.8 Å². The minimum Gasteiger partial charge on any atom is -0.492 e. The molecule has 4 aromatic rings. The zero-order chi connectivity index (χ0) is 27.0. The number of rotatable bonds is 7. The third-order valence-electron chi connectivity index (χ3n) is 7.05. The van der Waals surface area contributed by atoms with Gasteiger partial charge in [0.15, 0.2) is 5.82 Å². The number of anilines is 1. The van der Waals surface area contributed by atoms with Crippen LogP contribution in [0.1, 0.15) is 46.3 Å². The molecule has 3 heterocycles. The molecule has 0 saturated carbocycles. The number of benzene rings is 2. The van der Waals surface area contributed by atoms with Gasteiger partial charge in [-0.2, -0.15) is 8.75 Å². The fourth-order valence-electron chi connectivity index (χ4n) is 4.78. The number of carbonyl (C=O) groups excluding carboxylic acids is 1. The van der Waals surface area contributed by atoms with E-state index in [4.69, 9.17) is 16.3 Å². The molecule has 2 aromatic carbocycles. The van der Waals surface area contributed by atoms with E-state index >= 15 is 0 Å². The van der Waals surface area contributed by atoms with E-state index < -0.39 is 16.7 Å². The first-order valence-corrected chi connectivity index (χ1v) is 14.8. The summed E-state index contributed by atoms with van der Waals surface area (Å²) in [6.07, 6.45) is 3.92. The lowest BCUT2D eigenvalue weighted by Crippen LogP contribution is -2.17. The molecule has 1 aliphatic rings. The zero-order valence-corrected chi connectivity index (χ0v) is 23.6. The van der Waals surface area contributed by atoms with Crippen LogP contribution >= 0.6 is 23.3 Å². The number of amides is 1. The van der Waals surface area contributed by atoms with Gasteiger partial charge in [-0.15, -0.1) is 0 Å². The van der Waals surface area contributed by atoms with Gasteiger partial charge in [-0.1, -0.05) is 23.7 Å². The first-order valence-electron chi connectivity index (χ1n) is 12.3. The zero-order valence-electron chi connectivity index (χ0n) is 21.2. The Labute approximate surface area is 231 Å². The van der Waals surface area contributed by atoms with Crippen LogP contribution in [0.3, 0.4) is 0 Å². The summed E-state index contributed by atoms with van der Waals surface area (Å²) < 4.78 is 26.6. The number of H-pyrrole nitrogens is 1. The number of hydrogen-bond donors (Lipinski definition) is 2. The summed E-state index contributed by atoms with van der Waals surface area (Å²) in [6, 6.07) is 7.12. The minimum absolute atomic E-state index is 0.0816. The molecule has 1 saturated heterocycles.